The lowest BCUT2D eigenvalue weighted by molar-refractivity contribution is -0.121. The Bertz CT molecular complexity index is 815. The summed E-state index contributed by atoms with van der Waals surface area (Å²) >= 11 is 1.33. The van der Waals surface area contributed by atoms with Gasteiger partial charge in [-0.15, -0.1) is 0 Å². The van der Waals surface area contributed by atoms with Crippen LogP contribution in [0.4, 0.5) is 5.13 Å². The number of morpholine rings is 1. The maximum Gasteiger partial charge on any atom is 0.281 e. The van der Waals surface area contributed by atoms with Gasteiger partial charge in [-0.2, -0.15) is 0 Å². The van der Waals surface area contributed by atoms with E-state index >= 15 is 0 Å². The van der Waals surface area contributed by atoms with Crippen LogP contribution >= 0.6 is 11.3 Å². The van der Waals surface area contributed by atoms with Crippen LogP contribution in [0.5, 0.6) is 0 Å². The number of amides is 2. The first kappa shape index (κ1) is 19.3. The molecule has 1 aromatic carbocycles. The molecule has 1 aliphatic heterocycles. The number of nitrogens with one attached hydrogen (secondary N) is 2. The smallest absolute Gasteiger partial charge is 0.281 e. The zero-order valence-corrected chi connectivity index (χ0v) is 16.4. The molecule has 1 aromatic heterocycles. The summed E-state index contributed by atoms with van der Waals surface area (Å²) in [6.45, 7) is 6.68. The molecule has 3 rings (SSSR count). The number of carbonyl (C=O) groups excluding carboxylic acids is 2. The standard InChI is InChI=1S/C19H24N4O3S/c1-13-4-3-5-15(12-13)6-7-16(24)21-22-18(25)17-14(2)20-19(27-17)23-8-10-26-11-9-23/h3-5,12H,6-11H2,1-2H3,(H,21,24)(H,22,25). The van der Waals surface area contributed by atoms with Gasteiger partial charge in [0.05, 0.1) is 18.9 Å². The number of aryl methyl sites for hydroxylation is 3. The van der Waals surface area contributed by atoms with E-state index in [0.717, 1.165) is 29.3 Å². The molecule has 7 nitrogen and oxygen atoms in total. The molecule has 8 heteroatoms. The number of ether oxygens (including phenoxy) is 1. The molecule has 2 amide bonds. The minimum absolute atomic E-state index is 0.222. The molecule has 2 aromatic rings. The number of hydrazine groups is 1. The lowest BCUT2D eigenvalue weighted by Gasteiger charge is -2.25. The average molecular weight is 388 g/mol. The Morgan fingerprint density at radius 2 is 2.00 bits per heavy atom. The summed E-state index contributed by atoms with van der Waals surface area (Å²) in [5.74, 6) is -0.561. The van der Waals surface area contributed by atoms with Crippen molar-refractivity contribution in [2.24, 2.45) is 0 Å². The van der Waals surface area contributed by atoms with Gasteiger partial charge < -0.3 is 9.64 Å². The maximum atomic E-state index is 12.4. The van der Waals surface area contributed by atoms with E-state index in [1.165, 1.54) is 11.3 Å². The Labute approximate surface area is 162 Å². The van der Waals surface area contributed by atoms with Gasteiger partial charge in [0, 0.05) is 19.5 Å². The van der Waals surface area contributed by atoms with Gasteiger partial charge in [0.1, 0.15) is 4.88 Å². The molecule has 0 bridgehead atoms. The highest BCUT2D eigenvalue weighted by Crippen LogP contribution is 2.26. The summed E-state index contributed by atoms with van der Waals surface area (Å²) < 4.78 is 5.34. The van der Waals surface area contributed by atoms with Gasteiger partial charge in [-0.25, -0.2) is 4.98 Å². The van der Waals surface area contributed by atoms with E-state index in [1.54, 1.807) is 6.92 Å². The van der Waals surface area contributed by atoms with Crippen LogP contribution in [0.2, 0.25) is 0 Å². The highest BCUT2D eigenvalue weighted by molar-refractivity contribution is 7.17. The number of hydrogen-bond acceptors (Lipinski definition) is 6. The Morgan fingerprint density at radius 3 is 2.74 bits per heavy atom. The van der Waals surface area contributed by atoms with E-state index < -0.39 is 0 Å². The van der Waals surface area contributed by atoms with Crippen molar-refractivity contribution in [3.8, 4) is 0 Å². The van der Waals surface area contributed by atoms with Crippen molar-refractivity contribution >= 4 is 28.3 Å². The molecule has 2 heterocycles. The first-order chi connectivity index (χ1) is 13.0. The largest absolute Gasteiger partial charge is 0.378 e. The van der Waals surface area contributed by atoms with E-state index in [-0.39, 0.29) is 11.8 Å². The van der Waals surface area contributed by atoms with Gasteiger partial charge >= 0.3 is 0 Å². The molecular formula is C19H24N4O3S. The fourth-order valence-electron chi connectivity index (χ4n) is 2.85. The first-order valence-electron chi connectivity index (χ1n) is 8.98. The van der Waals surface area contributed by atoms with E-state index in [4.69, 9.17) is 4.74 Å². The molecule has 0 saturated carbocycles. The molecule has 1 aliphatic rings. The Balaban J connectivity index is 1.50. The van der Waals surface area contributed by atoms with Crippen molar-refractivity contribution in [3.05, 3.63) is 46.0 Å². The zero-order chi connectivity index (χ0) is 19.2. The number of carbonyl (C=O) groups is 2. The van der Waals surface area contributed by atoms with Crippen LogP contribution < -0.4 is 15.8 Å². The van der Waals surface area contributed by atoms with E-state index in [9.17, 15) is 9.59 Å². The zero-order valence-electron chi connectivity index (χ0n) is 15.6. The molecule has 0 atom stereocenters. The Hall–Kier alpha value is -2.45. The van der Waals surface area contributed by atoms with Crippen molar-refractivity contribution in [2.45, 2.75) is 26.7 Å². The maximum absolute atomic E-state index is 12.4. The monoisotopic (exact) mass is 388 g/mol. The van der Waals surface area contributed by atoms with Crippen LogP contribution in [0.15, 0.2) is 24.3 Å². The van der Waals surface area contributed by atoms with Crippen molar-refractivity contribution < 1.29 is 14.3 Å². The first-order valence-corrected chi connectivity index (χ1v) is 9.79. The van der Waals surface area contributed by atoms with E-state index in [2.05, 4.69) is 26.8 Å². The summed E-state index contributed by atoms with van der Waals surface area (Å²) in [5, 5.41) is 0.812. The molecule has 27 heavy (non-hydrogen) atoms. The fourth-order valence-corrected chi connectivity index (χ4v) is 3.87. The molecule has 1 saturated heterocycles. The second kappa shape index (κ2) is 8.96. The third-order valence-corrected chi connectivity index (χ3v) is 5.53. The second-order valence-corrected chi connectivity index (χ2v) is 7.48. The molecule has 0 radical (unpaired) electrons. The van der Waals surface area contributed by atoms with Crippen molar-refractivity contribution in [2.75, 3.05) is 31.2 Å². The molecule has 0 aliphatic carbocycles. The van der Waals surface area contributed by atoms with Crippen LogP contribution in [0, 0.1) is 13.8 Å². The van der Waals surface area contributed by atoms with Crippen molar-refractivity contribution in [1.82, 2.24) is 15.8 Å². The second-order valence-electron chi connectivity index (χ2n) is 6.50. The van der Waals surface area contributed by atoms with Gasteiger partial charge in [0.15, 0.2) is 5.13 Å². The average Bonchev–Trinajstić information content (AvgIpc) is 3.07. The minimum Gasteiger partial charge on any atom is -0.378 e. The molecular weight excluding hydrogens is 364 g/mol. The number of hydrogen-bond donors (Lipinski definition) is 2. The molecule has 0 unspecified atom stereocenters. The lowest BCUT2D eigenvalue weighted by atomic mass is 10.1. The number of rotatable bonds is 5. The lowest BCUT2D eigenvalue weighted by Crippen LogP contribution is -2.41. The molecule has 2 N–H and O–H groups in total. The number of benzene rings is 1. The summed E-state index contributed by atoms with van der Waals surface area (Å²) in [6.07, 6.45) is 0.939. The van der Waals surface area contributed by atoms with Gasteiger partial charge in [-0.1, -0.05) is 41.2 Å². The Kier molecular flexibility index (Phi) is 6.41. The van der Waals surface area contributed by atoms with Gasteiger partial charge in [0.25, 0.3) is 5.91 Å². The fraction of sp³-hybridized carbons (Fsp3) is 0.421. The normalized spacial score (nSPS) is 14.1. The number of thiazole rings is 1. The van der Waals surface area contributed by atoms with Crippen LogP contribution in [-0.4, -0.2) is 43.1 Å². The van der Waals surface area contributed by atoms with Crippen LogP contribution in [0.1, 0.15) is 32.9 Å². The number of aromatic nitrogens is 1. The summed E-state index contributed by atoms with van der Waals surface area (Å²) in [4.78, 5) is 31.5. The SMILES string of the molecule is Cc1cccc(CCC(=O)NNC(=O)c2sc(N3CCOCC3)nc2C)c1. The van der Waals surface area contributed by atoms with Gasteiger partial charge in [-0.3, -0.25) is 20.4 Å². The minimum atomic E-state index is -0.339. The third-order valence-electron chi connectivity index (χ3n) is 4.31. The van der Waals surface area contributed by atoms with Crippen LogP contribution in [0.25, 0.3) is 0 Å². The Morgan fingerprint density at radius 1 is 1.22 bits per heavy atom. The van der Waals surface area contributed by atoms with Crippen molar-refractivity contribution in [3.63, 3.8) is 0 Å². The molecule has 0 spiro atoms. The highest BCUT2D eigenvalue weighted by atomic mass is 32.1. The summed E-state index contributed by atoms with van der Waals surface area (Å²) in [6, 6.07) is 8.04. The van der Waals surface area contributed by atoms with E-state index in [0.29, 0.717) is 36.6 Å². The molecule has 1 fully saturated rings. The highest BCUT2D eigenvalue weighted by Gasteiger charge is 2.20. The molecule has 144 valence electrons. The van der Waals surface area contributed by atoms with Gasteiger partial charge in [0.2, 0.25) is 5.91 Å². The summed E-state index contributed by atoms with van der Waals surface area (Å²) in [7, 11) is 0. The predicted octanol–water partition coefficient (Wildman–Crippen LogP) is 1.99. The number of anilines is 1. The quantitative estimate of drug-likeness (QED) is 0.766. The summed E-state index contributed by atoms with van der Waals surface area (Å²) in [5.41, 5.74) is 7.91. The topological polar surface area (TPSA) is 83.6 Å². The third kappa shape index (κ3) is 5.27. The van der Waals surface area contributed by atoms with E-state index in [1.807, 2.05) is 25.1 Å². The van der Waals surface area contributed by atoms with Crippen molar-refractivity contribution in [1.29, 1.82) is 0 Å². The van der Waals surface area contributed by atoms with Crippen LogP contribution in [0.3, 0.4) is 0 Å². The van der Waals surface area contributed by atoms with Gasteiger partial charge in [-0.05, 0) is 25.8 Å². The van der Waals surface area contributed by atoms with Crippen LogP contribution in [-0.2, 0) is 16.0 Å². The number of nitrogens with zero attached hydrogens (tertiary/aromatic N) is 2. The predicted molar refractivity (Wildman–Crippen MR) is 105 cm³/mol.